The molecule has 0 radical (unpaired) electrons. The molecule has 2 rings (SSSR count). The van der Waals surface area contributed by atoms with Crippen LogP contribution in [0.1, 0.15) is 11.1 Å². The highest BCUT2D eigenvalue weighted by Crippen LogP contribution is 2.51. The third-order valence-corrected chi connectivity index (χ3v) is 5.52. The molecule has 0 bridgehead atoms. The van der Waals surface area contributed by atoms with Crippen LogP contribution in [0.3, 0.4) is 0 Å². The molecule has 0 unspecified atom stereocenters. The molecule has 0 atom stereocenters. The van der Waals surface area contributed by atoms with Crippen LogP contribution < -0.4 is 9.05 Å². The van der Waals surface area contributed by atoms with Crippen LogP contribution in [-0.4, -0.2) is 41.2 Å². The maximum Gasteiger partial charge on any atom is 0.515 e. The molecule has 2 aromatic rings. The SMILES string of the molecule is Cc1ccc(OP(=O)(Oc2ccc(C)cc2)N(CCO)CCO)cc1. The molecular weight excluding hydrogens is 341 g/mol. The van der Waals surface area contributed by atoms with Gasteiger partial charge in [0.2, 0.25) is 0 Å². The fourth-order valence-corrected chi connectivity index (χ4v) is 3.90. The molecule has 0 aromatic heterocycles. The van der Waals surface area contributed by atoms with Crippen molar-refractivity contribution in [3.63, 3.8) is 0 Å². The van der Waals surface area contributed by atoms with Crippen molar-refractivity contribution in [3.05, 3.63) is 59.7 Å². The molecule has 0 saturated heterocycles. The standard InChI is InChI=1S/C18H24NO5P/c1-15-3-7-17(8-4-15)23-25(22,19(11-13-20)12-14-21)24-18-9-5-16(2)6-10-18/h3-10,20-21H,11-14H2,1-2H3. The molecule has 0 amide bonds. The first-order valence-corrected chi connectivity index (χ1v) is 9.56. The molecule has 0 aliphatic carbocycles. The molecule has 0 aliphatic heterocycles. The summed E-state index contributed by atoms with van der Waals surface area (Å²) in [5.74, 6) is 0.781. The van der Waals surface area contributed by atoms with Crippen molar-refractivity contribution in [1.29, 1.82) is 0 Å². The van der Waals surface area contributed by atoms with Gasteiger partial charge in [0.15, 0.2) is 0 Å². The average molecular weight is 365 g/mol. The zero-order chi connectivity index (χ0) is 18.3. The summed E-state index contributed by atoms with van der Waals surface area (Å²) in [6.07, 6.45) is 0. The monoisotopic (exact) mass is 365 g/mol. The van der Waals surface area contributed by atoms with Crippen molar-refractivity contribution in [3.8, 4) is 11.5 Å². The number of hydrogen-bond acceptors (Lipinski definition) is 5. The van der Waals surface area contributed by atoms with Crippen molar-refractivity contribution >= 4 is 7.75 Å². The highest BCUT2D eigenvalue weighted by Gasteiger charge is 2.36. The van der Waals surface area contributed by atoms with Crippen LogP contribution in [0.15, 0.2) is 48.5 Å². The van der Waals surface area contributed by atoms with Gasteiger partial charge in [-0.25, -0.2) is 4.57 Å². The molecule has 0 saturated carbocycles. The second-order valence-electron chi connectivity index (χ2n) is 5.68. The molecular formula is C18H24NO5P. The van der Waals surface area contributed by atoms with E-state index in [1.807, 2.05) is 38.1 Å². The molecule has 6 nitrogen and oxygen atoms in total. The number of benzene rings is 2. The normalized spacial score (nSPS) is 11.6. The third-order valence-electron chi connectivity index (χ3n) is 3.55. The van der Waals surface area contributed by atoms with E-state index in [4.69, 9.17) is 9.05 Å². The molecule has 2 aromatic carbocycles. The summed E-state index contributed by atoms with van der Waals surface area (Å²) >= 11 is 0. The van der Waals surface area contributed by atoms with Crippen molar-refractivity contribution in [2.75, 3.05) is 26.3 Å². The lowest BCUT2D eigenvalue weighted by Gasteiger charge is -2.29. The Labute approximate surface area is 148 Å². The zero-order valence-electron chi connectivity index (χ0n) is 14.5. The minimum atomic E-state index is -3.82. The van der Waals surface area contributed by atoms with Gasteiger partial charge in [-0.3, -0.25) is 0 Å². The molecule has 0 heterocycles. The van der Waals surface area contributed by atoms with Crippen molar-refractivity contribution in [2.24, 2.45) is 0 Å². The summed E-state index contributed by atoms with van der Waals surface area (Å²) in [5, 5.41) is 18.6. The van der Waals surface area contributed by atoms with Crippen LogP contribution >= 0.6 is 7.75 Å². The lowest BCUT2D eigenvalue weighted by Crippen LogP contribution is -2.31. The predicted molar refractivity (Wildman–Crippen MR) is 97.0 cm³/mol. The third kappa shape index (κ3) is 5.58. The summed E-state index contributed by atoms with van der Waals surface area (Å²) < 4.78 is 26.2. The van der Waals surface area contributed by atoms with E-state index in [1.54, 1.807) is 24.3 Å². The Morgan fingerprint density at radius 2 is 1.16 bits per heavy atom. The van der Waals surface area contributed by atoms with E-state index in [0.717, 1.165) is 11.1 Å². The minimum Gasteiger partial charge on any atom is -0.404 e. The quantitative estimate of drug-likeness (QED) is 0.665. The molecule has 7 heteroatoms. The molecule has 25 heavy (non-hydrogen) atoms. The Morgan fingerprint density at radius 1 is 0.800 bits per heavy atom. The van der Waals surface area contributed by atoms with Crippen LogP contribution in [0.25, 0.3) is 0 Å². The Morgan fingerprint density at radius 3 is 1.48 bits per heavy atom. The lowest BCUT2D eigenvalue weighted by molar-refractivity contribution is 0.190. The van der Waals surface area contributed by atoms with E-state index < -0.39 is 7.75 Å². The van der Waals surface area contributed by atoms with Gasteiger partial charge in [0.05, 0.1) is 13.2 Å². The van der Waals surface area contributed by atoms with Crippen LogP contribution in [0.5, 0.6) is 11.5 Å². The van der Waals surface area contributed by atoms with E-state index in [2.05, 4.69) is 0 Å². The Kier molecular flexibility index (Phi) is 7.02. The average Bonchev–Trinajstić information content (AvgIpc) is 2.59. The van der Waals surface area contributed by atoms with Gasteiger partial charge in [-0.2, -0.15) is 4.67 Å². The number of rotatable bonds is 9. The van der Waals surface area contributed by atoms with Crippen LogP contribution in [0.4, 0.5) is 0 Å². The maximum atomic E-state index is 13.5. The summed E-state index contributed by atoms with van der Waals surface area (Å²) in [6, 6.07) is 14.2. The first-order valence-electron chi connectivity index (χ1n) is 8.06. The Bertz CT molecular complexity index is 645. The first kappa shape index (κ1) is 19.5. The van der Waals surface area contributed by atoms with E-state index in [-0.39, 0.29) is 26.3 Å². The van der Waals surface area contributed by atoms with Crippen molar-refractivity contribution in [1.82, 2.24) is 4.67 Å². The fraction of sp³-hybridized carbons (Fsp3) is 0.333. The van der Waals surface area contributed by atoms with E-state index in [1.165, 1.54) is 4.67 Å². The second-order valence-corrected chi connectivity index (χ2v) is 7.55. The van der Waals surface area contributed by atoms with Gasteiger partial charge in [-0.15, -0.1) is 0 Å². The smallest absolute Gasteiger partial charge is 0.404 e. The van der Waals surface area contributed by atoms with Gasteiger partial charge in [0, 0.05) is 13.1 Å². The van der Waals surface area contributed by atoms with Crippen LogP contribution in [0, 0.1) is 13.8 Å². The van der Waals surface area contributed by atoms with Gasteiger partial charge >= 0.3 is 7.75 Å². The van der Waals surface area contributed by atoms with Gasteiger partial charge in [0.25, 0.3) is 0 Å². The lowest BCUT2D eigenvalue weighted by atomic mass is 10.2. The summed E-state index contributed by atoms with van der Waals surface area (Å²) in [7, 11) is -3.82. The van der Waals surface area contributed by atoms with Crippen molar-refractivity contribution < 1.29 is 23.8 Å². The largest absolute Gasteiger partial charge is 0.515 e. The van der Waals surface area contributed by atoms with Gasteiger partial charge in [-0.1, -0.05) is 35.4 Å². The summed E-state index contributed by atoms with van der Waals surface area (Å²) in [6.45, 7) is 3.51. The summed E-state index contributed by atoms with van der Waals surface area (Å²) in [5.41, 5.74) is 2.09. The minimum absolute atomic E-state index is 0.0512. The number of hydrogen-bond donors (Lipinski definition) is 2. The predicted octanol–water partition coefficient (Wildman–Crippen LogP) is 3.16. The molecule has 0 fully saturated rings. The highest BCUT2D eigenvalue weighted by molar-refractivity contribution is 7.52. The Balaban J connectivity index is 2.32. The topological polar surface area (TPSA) is 79.2 Å². The fourth-order valence-electron chi connectivity index (χ4n) is 2.19. The number of aliphatic hydroxyl groups is 2. The van der Waals surface area contributed by atoms with E-state index >= 15 is 0 Å². The number of aryl methyl sites for hydroxylation is 2. The zero-order valence-corrected chi connectivity index (χ0v) is 15.4. The van der Waals surface area contributed by atoms with Gasteiger partial charge < -0.3 is 19.3 Å². The van der Waals surface area contributed by atoms with Crippen LogP contribution in [-0.2, 0) is 4.57 Å². The van der Waals surface area contributed by atoms with Gasteiger partial charge in [-0.05, 0) is 38.1 Å². The van der Waals surface area contributed by atoms with Gasteiger partial charge in [0.1, 0.15) is 11.5 Å². The first-order chi connectivity index (χ1) is 12.0. The Hall–Kier alpha value is -1.85. The number of aliphatic hydroxyl groups excluding tert-OH is 2. The highest BCUT2D eigenvalue weighted by atomic mass is 31.2. The van der Waals surface area contributed by atoms with E-state index in [9.17, 15) is 14.8 Å². The molecule has 2 N–H and O–H groups in total. The maximum absolute atomic E-state index is 13.5. The van der Waals surface area contributed by atoms with Crippen molar-refractivity contribution in [2.45, 2.75) is 13.8 Å². The second kappa shape index (κ2) is 9.02. The number of nitrogens with zero attached hydrogens (tertiary/aromatic N) is 1. The molecule has 0 aliphatic rings. The molecule has 136 valence electrons. The van der Waals surface area contributed by atoms with E-state index in [0.29, 0.717) is 11.5 Å². The molecule has 0 spiro atoms. The summed E-state index contributed by atoms with van der Waals surface area (Å²) in [4.78, 5) is 0. The van der Waals surface area contributed by atoms with Crippen LogP contribution in [0.2, 0.25) is 0 Å².